The number of oxime groups is 1. The van der Waals surface area contributed by atoms with Crippen LogP contribution in [0.5, 0.6) is 0 Å². The van der Waals surface area contributed by atoms with Gasteiger partial charge in [-0.25, -0.2) is 4.79 Å². The minimum Gasteiger partial charge on any atom is -0.317 e. The summed E-state index contributed by atoms with van der Waals surface area (Å²) in [5.74, 6) is -1.00. The standard InChI is InChI=1S/C20H15Cl2F3N2O3/c21-8-2-5-17(28)30-26-18-15-10-14(22)6-7-16(15)27(19(18)29)11-12-3-1-4-13(9-12)20(23,24)25/h1,3-4,6-7,9-10H,2,5,8,11H2/b26-18+. The molecule has 5 nitrogen and oxygen atoms in total. The van der Waals surface area contributed by atoms with Gasteiger partial charge in [-0.1, -0.05) is 28.9 Å². The molecule has 2 aromatic rings. The SMILES string of the molecule is O=C(CCCCl)O/N=C1/C(=O)N(Cc2cccc(C(F)(F)F)c2)c2ccc(Cl)cc21. The molecule has 1 heterocycles. The Morgan fingerprint density at radius 1 is 1.17 bits per heavy atom. The molecule has 0 spiro atoms. The average molecular weight is 459 g/mol. The fourth-order valence-electron chi connectivity index (χ4n) is 2.91. The molecule has 10 heteroatoms. The van der Waals surface area contributed by atoms with Crippen molar-refractivity contribution in [1.82, 2.24) is 0 Å². The molecule has 3 rings (SSSR count). The summed E-state index contributed by atoms with van der Waals surface area (Å²) in [5.41, 5.74) is 0.0326. The first-order valence-electron chi connectivity index (χ1n) is 8.82. The van der Waals surface area contributed by atoms with Gasteiger partial charge in [-0.15, -0.1) is 11.6 Å². The Bertz CT molecular complexity index is 1010. The summed E-state index contributed by atoms with van der Waals surface area (Å²) in [6, 6.07) is 9.27. The Kier molecular flexibility index (Phi) is 6.67. The molecule has 0 radical (unpaired) electrons. The fourth-order valence-corrected chi connectivity index (χ4v) is 3.22. The maximum absolute atomic E-state index is 13.0. The fraction of sp³-hybridized carbons (Fsp3) is 0.250. The molecule has 2 aromatic carbocycles. The van der Waals surface area contributed by atoms with Crippen molar-refractivity contribution >= 4 is 46.5 Å². The number of fused-ring (bicyclic) bond motifs is 1. The molecule has 0 aliphatic carbocycles. The molecule has 1 aliphatic heterocycles. The van der Waals surface area contributed by atoms with Crippen LogP contribution in [0.25, 0.3) is 0 Å². The van der Waals surface area contributed by atoms with E-state index in [-0.39, 0.29) is 30.1 Å². The lowest BCUT2D eigenvalue weighted by molar-refractivity contribution is -0.143. The van der Waals surface area contributed by atoms with Gasteiger partial charge in [0.15, 0.2) is 5.71 Å². The van der Waals surface area contributed by atoms with Crippen LogP contribution in [-0.2, 0) is 27.1 Å². The van der Waals surface area contributed by atoms with Gasteiger partial charge in [0, 0.05) is 22.9 Å². The molecule has 0 N–H and O–H groups in total. The van der Waals surface area contributed by atoms with Gasteiger partial charge in [0.2, 0.25) is 0 Å². The van der Waals surface area contributed by atoms with Gasteiger partial charge in [0.25, 0.3) is 5.91 Å². The third kappa shape index (κ3) is 4.94. The lowest BCUT2D eigenvalue weighted by Crippen LogP contribution is -2.30. The highest BCUT2D eigenvalue weighted by molar-refractivity contribution is 6.54. The van der Waals surface area contributed by atoms with Gasteiger partial charge < -0.3 is 9.74 Å². The van der Waals surface area contributed by atoms with Crippen LogP contribution in [0.4, 0.5) is 18.9 Å². The number of benzene rings is 2. The zero-order valence-corrected chi connectivity index (χ0v) is 16.9. The van der Waals surface area contributed by atoms with Crippen LogP contribution in [0.2, 0.25) is 5.02 Å². The van der Waals surface area contributed by atoms with Crippen LogP contribution < -0.4 is 4.90 Å². The van der Waals surface area contributed by atoms with Gasteiger partial charge >= 0.3 is 12.1 Å². The molecule has 0 unspecified atom stereocenters. The molecule has 0 aromatic heterocycles. The van der Waals surface area contributed by atoms with Gasteiger partial charge in [0.1, 0.15) is 0 Å². The lowest BCUT2D eigenvalue weighted by atomic mass is 10.1. The number of halogens is 5. The quantitative estimate of drug-likeness (QED) is 0.340. The molecular formula is C20H15Cl2F3N2O3. The van der Waals surface area contributed by atoms with Crippen molar-refractivity contribution < 1.29 is 27.6 Å². The lowest BCUT2D eigenvalue weighted by Gasteiger charge is -2.18. The van der Waals surface area contributed by atoms with E-state index in [1.807, 2.05) is 0 Å². The Balaban J connectivity index is 1.90. The van der Waals surface area contributed by atoms with E-state index in [0.29, 0.717) is 22.7 Å². The van der Waals surface area contributed by atoms with Crippen molar-refractivity contribution in [2.24, 2.45) is 5.16 Å². The number of carbonyl (C=O) groups is 2. The second kappa shape index (κ2) is 9.06. The summed E-state index contributed by atoms with van der Waals surface area (Å²) < 4.78 is 39.0. The van der Waals surface area contributed by atoms with Crippen molar-refractivity contribution in [3.05, 3.63) is 64.2 Å². The molecule has 0 atom stereocenters. The van der Waals surface area contributed by atoms with Crippen LogP contribution in [-0.4, -0.2) is 23.5 Å². The van der Waals surface area contributed by atoms with Crippen LogP contribution in [0.3, 0.4) is 0 Å². The monoisotopic (exact) mass is 458 g/mol. The molecule has 0 saturated heterocycles. The van der Waals surface area contributed by atoms with Crippen LogP contribution >= 0.6 is 23.2 Å². The summed E-state index contributed by atoms with van der Waals surface area (Å²) in [7, 11) is 0. The molecular weight excluding hydrogens is 444 g/mol. The molecule has 0 bridgehead atoms. The predicted octanol–water partition coefficient (Wildman–Crippen LogP) is 5.17. The van der Waals surface area contributed by atoms with E-state index in [9.17, 15) is 22.8 Å². The smallest absolute Gasteiger partial charge is 0.317 e. The third-order valence-electron chi connectivity index (χ3n) is 4.30. The highest BCUT2D eigenvalue weighted by Crippen LogP contribution is 2.34. The summed E-state index contributed by atoms with van der Waals surface area (Å²) in [5, 5.41) is 4.01. The van der Waals surface area contributed by atoms with Crippen molar-refractivity contribution in [2.45, 2.75) is 25.6 Å². The minimum absolute atomic E-state index is 0.0326. The first-order valence-corrected chi connectivity index (χ1v) is 9.73. The summed E-state index contributed by atoms with van der Waals surface area (Å²) in [4.78, 5) is 30.7. The second-order valence-electron chi connectivity index (χ2n) is 6.45. The summed E-state index contributed by atoms with van der Waals surface area (Å²) in [6.45, 7) is -0.128. The van der Waals surface area contributed by atoms with Crippen LogP contribution in [0.15, 0.2) is 47.6 Å². The number of anilines is 1. The molecule has 1 amide bonds. The molecule has 0 fully saturated rings. The number of alkyl halides is 4. The number of rotatable bonds is 6. The average Bonchev–Trinajstić information content (AvgIpc) is 2.95. The van der Waals surface area contributed by atoms with Crippen LogP contribution in [0.1, 0.15) is 29.5 Å². The Morgan fingerprint density at radius 2 is 1.93 bits per heavy atom. The van der Waals surface area contributed by atoms with E-state index in [4.69, 9.17) is 28.0 Å². The maximum atomic E-state index is 13.0. The third-order valence-corrected chi connectivity index (χ3v) is 4.80. The number of hydrogen-bond acceptors (Lipinski definition) is 4. The Labute approximate surface area is 180 Å². The molecule has 30 heavy (non-hydrogen) atoms. The van der Waals surface area contributed by atoms with Gasteiger partial charge in [-0.05, 0) is 42.3 Å². The Morgan fingerprint density at radius 3 is 2.63 bits per heavy atom. The van der Waals surface area contributed by atoms with Crippen LogP contribution in [0, 0.1) is 0 Å². The van der Waals surface area contributed by atoms with E-state index in [1.54, 1.807) is 12.1 Å². The highest BCUT2D eigenvalue weighted by atomic mass is 35.5. The van der Waals surface area contributed by atoms with E-state index >= 15 is 0 Å². The molecule has 0 saturated carbocycles. The number of carbonyl (C=O) groups excluding carboxylic acids is 2. The zero-order chi connectivity index (χ0) is 21.9. The number of hydrogen-bond donors (Lipinski definition) is 0. The molecule has 158 valence electrons. The first kappa shape index (κ1) is 22.1. The summed E-state index contributed by atoms with van der Waals surface area (Å²) >= 11 is 11.5. The predicted molar refractivity (Wildman–Crippen MR) is 107 cm³/mol. The van der Waals surface area contributed by atoms with Gasteiger partial charge in [-0.3, -0.25) is 4.79 Å². The molecule has 1 aliphatic rings. The van der Waals surface area contributed by atoms with E-state index in [0.717, 1.165) is 12.1 Å². The van der Waals surface area contributed by atoms with Gasteiger partial charge in [0.05, 0.1) is 17.8 Å². The van der Waals surface area contributed by atoms with Crippen molar-refractivity contribution in [3.8, 4) is 0 Å². The number of amides is 1. The Hall–Kier alpha value is -2.58. The van der Waals surface area contributed by atoms with E-state index in [2.05, 4.69) is 5.16 Å². The van der Waals surface area contributed by atoms with E-state index < -0.39 is 23.6 Å². The van der Waals surface area contributed by atoms with Crippen molar-refractivity contribution in [3.63, 3.8) is 0 Å². The summed E-state index contributed by atoms with van der Waals surface area (Å²) in [6.07, 6.45) is -4.07. The normalized spacial score (nSPS) is 14.9. The zero-order valence-electron chi connectivity index (χ0n) is 15.4. The number of nitrogens with zero attached hydrogens (tertiary/aromatic N) is 2. The first-order chi connectivity index (χ1) is 14.2. The topological polar surface area (TPSA) is 59.0 Å². The maximum Gasteiger partial charge on any atom is 0.416 e. The highest BCUT2D eigenvalue weighted by Gasteiger charge is 2.36. The minimum atomic E-state index is -4.50. The second-order valence-corrected chi connectivity index (χ2v) is 7.26. The van der Waals surface area contributed by atoms with E-state index in [1.165, 1.54) is 23.1 Å². The largest absolute Gasteiger partial charge is 0.416 e. The van der Waals surface area contributed by atoms with Crippen molar-refractivity contribution in [2.75, 3.05) is 10.8 Å². The van der Waals surface area contributed by atoms with Crippen molar-refractivity contribution in [1.29, 1.82) is 0 Å². The van der Waals surface area contributed by atoms with Gasteiger partial charge in [-0.2, -0.15) is 13.2 Å².